The molecule has 2 aliphatic rings. The fourth-order valence-corrected chi connectivity index (χ4v) is 4.30. The van der Waals surface area contributed by atoms with Gasteiger partial charge in [0.05, 0.1) is 23.3 Å². The minimum atomic E-state index is 0.0217. The van der Waals surface area contributed by atoms with Gasteiger partial charge in [-0.3, -0.25) is 9.69 Å². The van der Waals surface area contributed by atoms with E-state index < -0.39 is 0 Å². The van der Waals surface area contributed by atoms with Gasteiger partial charge in [0.25, 0.3) is 5.91 Å². The smallest absolute Gasteiger partial charge is 0.257 e. The first kappa shape index (κ1) is 21.4. The molecule has 0 aromatic heterocycles. The van der Waals surface area contributed by atoms with E-state index in [9.17, 15) is 4.79 Å². The molecule has 162 valence electrons. The first-order valence-electron chi connectivity index (χ1n) is 11.0. The Morgan fingerprint density at radius 3 is 2.71 bits per heavy atom. The fraction of sp³-hybridized carbons (Fsp3) is 0.440. The number of amides is 1. The van der Waals surface area contributed by atoms with Gasteiger partial charge in [-0.1, -0.05) is 24.3 Å². The van der Waals surface area contributed by atoms with Gasteiger partial charge in [-0.25, -0.2) is 0 Å². The van der Waals surface area contributed by atoms with Crippen LogP contribution in [0.3, 0.4) is 0 Å². The number of piperazine rings is 1. The van der Waals surface area contributed by atoms with E-state index in [4.69, 9.17) is 14.7 Å². The van der Waals surface area contributed by atoms with E-state index in [1.165, 1.54) is 5.56 Å². The summed E-state index contributed by atoms with van der Waals surface area (Å²) in [4.78, 5) is 17.6. The minimum Gasteiger partial charge on any atom is -0.490 e. The molecule has 2 heterocycles. The highest BCUT2D eigenvalue weighted by atomic mass is 16.5. The third-order valence-electron chi connectivity index (χ3n) is 6.03. The van der Waals surface area contributed by atoms with Gasteiger partial charge in [0.15, 0.2) is 0 Å². The summed E-state index contributed by atoms with van der Waals surface area (Å²) in [5, 5.41) is 8.95. The number of carbonyl (C=O) groups is 1. The Morgan fingerprint density at radius 1 is 1.19 bits per heavy atom. The third kappa shape index (κ3) is 5.25. The molecule has 31 heavy (non-hydrogen) atoms. The Hall–Kier alpha value is -2.88. The molecule has 0 N–H and O–H groups in total. The van der Waals surface area contributed by atoms with Crippen LogP contribution in [0.5, 0.6) is 5.75 Å². The minimum absolute atomic E-state index is 0.0217. The number of nitrogens with zero attached hydrogens (tertiary/aromatic N) is 3. The maximum atomic E-state index is 13.3. The van der Waals surface area contributed by atoms with Gasteiger partial charge in [0.2, 0.25) is 0 Å². The highest BCUT2D eigenvalue weighted by molar-refractivity contribution is 5.97. The molecular weight excluding hydrogens is 390 g/mol. The van der Waals surface area contributed by atoms with Crippen molar-refractivity contribution in [2.45, 2.75) is 38.5 Å². The number of nitriles is 1. The first-order chi connectivity index (χ1) is 15.1. The molecule has 2 saturated heterocycles. The van der Waals surface area contributed by atoms with Gasteiger partial charge in [0.1, 0.15) is 12.4 Å². The van der Waals surface area contributed by atoms with Crippen LogP contribution in [0.2, 0.25) is 0 Å². The first-order valence-corrected chi connectivity index (χ1v) is 11.0. The van der Waals surface area contributed by atoms with Gasteiger partial charge >= 0.3 is 0 Å². The largest absolute Gasteiger partial charge is 0.490 e. The number of hydrogen-bond donors (Lipinski definition) is 0. The van der Waals surface area contributed by atoms with Crippen LogP contribution in [-0.4, -0.2) is 60.7 Å². The van der Waals surface area contributed by atoms with Crippen molar-refractivity contribution in [2.75, 3.05) is 32.8 Å². The Balaban J connectivity index is 1.37. The molecule has 2 aromatic carbocycles. The molecule has 6 nitrogen and oxygen atoms in total. The van der Waals surface area contributed by atoms with Crippen LogP contribution < -0.4 is 4.74 Å². The van der Waals surface area contributed by atoms with Gasteiger partial charge in [-0.2, -0.15) is 5.26 Å². The SMILES string of the molecule is C[C@H]1CN(Cc2ccc(C#N)cc2)CCN1C(=O)c1ccccc1OC[C@H]1CCCO1. The zero-order valence-electron chi connectivity index (χ0n) is 18.0. The third-order valence-corrected chi connectivity index (χ3v) is 6.03. The monoisotopic (exact) mass is 419 g/mol. The second-order valence-corrected chi connectivity index (χ2v) is 8.33. The lowest BCUT2D eigenvalue weighted by Crippen LogP contribution is -2.53. The number of rotatable bonds is 6. The fourth-order valence-electron chi connectivity index (χ4n) is 4.30. The molecule has 6 heteroatoms. The molecule has 0 radical (unpaired) electrons. The van der Waals surface area contributed by atoms with Crippen LogP contribution in [0.15, 0.2) is 48.5 Å². The molecule has 0 saturated carbocycles. The molecule has 2 aliphatic heterocycles. The van der Waals surface area contributed by atoms with Crippen molar-refractivity contribution in [2.24, 2.45) is 0 Å². The van der Waals surface area contributed by atoms with E-state index in [1.807, 2.05) is 53.4 Å². The average Bonchev–Trinajstić information content (AvgIpc) is 3.32. The summed E-state index contributed by atoms with van der Waals surface area (Å²) < 4.78 is 11.6. The molecule has 0 spiro atoms. The van der Waals surface area contributed by atoms with E-state index in [1.54, 1.807) is 0 Å². The van der Waals surface area contributed by atoms with Gasteiger partial charge in [0, 0.05) is 38.8 Å². The van der Waals surface area contributed by atoms with Gasteiger partial charge in [-0.15, -0.1) is 0 Å². The number of para-hydroxylation sites is 1. The van der Waals surface area contributed by atoms with Crippen LogP contribution >= 0.6 is 0 Å². The van der Waals surface area contributed by atoms with Crippen molar-refractivity contribution in [1.82, 2.24) is 9.80 Å². The molecular formula is C25H29N3O3. The van der Waals surface area contributed by atoms with Crippen molar-refractivity contribution in [3.05, 3.63) is 65.2 Å². The molecule has 2 aromatic rings. The van der Waals surface area contributed by atoms with Crippen LogP contribution in [0, 0.1) is 11.3 Å². The lowest BCUT2D eigenvalue weighted by atomic mass is 10.1. The summed E-state index contributed by atoms with van der Waals surface area (Å²) in [7, 11) is 0. The second kappa shape index (κ2) is 9.95. The van der Waals surface area contributed by atoms with E-state index in [0.29, 0.717) is 30.0 Å². The summed E-state index contributed by atoms with van der Waals surface area (Å²) in [5.74, 6) is 0.656. The predicted molar refractivity (Wildman–Crippen MR) is 118 cm³/mol. The predicted octanol–water partition coefficient (Wildman–Crippen LogP) is 3.46. The number of carbonyl (C=O) groups excluding carboxylic acids is 1. The Labute approximate surface area is 184 Å². The molecule has 0 unspecified atom stereocenters. The van der Waals surface area contributed by atoms with Crippen LogP contribution in [0.1, 0.15) is 41.3 Å². The Bertz CT molecular complexity index is 932. The topological polar surface area (TPSA) is 65.8 Å². The van der Waals surface area contributed by atoms with Crippen LogP contribution in [0.4, 0.5) is 0 Å². The summed E-state index contributed by atoms with van der Waals surface area (Å²) in [5.41, 5.74) is 2.47. The zero-order valence-corrected chi connectivity index (χ0v) is 18.0. The molecule has 0 bridgehead atoms. The van der Waals surface area contributed by atoms with Crippen molar-refractivity contribution >= 4 is 5.91 Å². The quantitative estimate of drug-likeness (QED) is 0.717. The molecule has 2 fully saturated rings. The lowest BCUT2D eigenvalue weighted by molar-refractivity contribution is 0.0461. The zero-order chi connectivity index (χ0) is 21.6. The summed E-state index contributed by atoms with van der Waals surface area (Å²) in [6, 6.07) is 17.5. The van der Waals surface area contributed by atoms with Crippen LogP contribution in [0.25, 0.3) is 0 Å². The standard InChI is InChI=1S/C25H29N3O3/c1-19-16-27(17-21-10-8-20(15-26)9-11-21)12-13-28(19)25(29)23-6-2-3-7-24(23)31-18-22-5-4-14-30-22/h2-3,6-11,19,22H,4-5,12-14,16-18H2,1H3/t19-,22+/m0/s1. The summed E-state index contributed by atoms with van der Waals surface area (Å²) in [6.45, 7) is 6.49. The molecule has 4 rings (SSSR count). The van der Waals surface area contributed by atoms with Crippen LogP contribution in [-0.2, 0) is 11.3 Å². The Kier molecular flexibility index (Phi) is 6.86. The highest BCUT2D eigenvalue weighted by Crippen LogP contribution is 2.24. The van der Waals surface area contributed by atoms with Crippen molar-refractivity contribution in [3.8, 4) is 11.8 Å². The molecule has 0 aliphatic carbocycles. The van der Waals surface area contributed by atoms with Crippen molar-refractivity contribution in [1.29, 1.82) is 5.26 Å². The van der Waals surface area contributed by atoms with E-state index >= 15 is 0 Å². The second-order valence-electron chi connectivity index (χ2n) is 8.33. The van der Waals surface area contributed by atoms with Crippen molar-refractivity contribution in [3.63, 3.8) is 0 Å². The summed E-state index contributed by atoms with van der Waals surface area (Å²) in [6.07, 6.45) is 2.19. The maximum absolute atomic E-state index is 13.3. The number of benzene rings is 2. The number of ether oxygens (including phenoxy) is 2. The molecule has 2 atom stereocenters. The van der Waals surface area contributed by atoms with E-state index in [0.717, 1.165) is 39.1 Å². The normalized spacial score (nSPS) is 21.6. The lowest BCUT2D eigenvalue weighted by Gasteiger charge is -2.40. The van der Waals surface area contributed by atoms with E-state index in [2.05, 4.69) is 17.9 Å². The summed E-state index contributed by atoms with van der Waals surface area (Å²) >= 11 is 0. The number of hydrogen-bond acceptors (Lipinski definition) is 5. The van der Waals surface area contributed by atoms with Gasteiger partial charge in [-0.05, 0) is 49.6 Å². The van der Waals surface area contributed by atoms with Gasteiger partial charge < -0.3 is 14.4 Å². The Morgan fingerprint density at radius 2 is 2.00 bits per heavy atom. The van der Waals surface area contributed by atoms with Crippen molar-refractivity contribution < 1.29 is 14.3 Å². The molecule has 1 amide bonds. The highest BCUT2D eigenvalue weighted by Gasteiger charge is 2.29. The maximum Gasteiger partial charge on any atom is 0.257 e. The average molecular weight is 420 g/mol. The van der Waals surface area contributed by atoms with E-state index in [-0.39, 0.29) is 18.1 Å².